The van der Waals surface area contributed by atoms with Crippen molar-refractivity contribution < 1.29 is 4.42 Å². The molecule has 0 spiro atoms. The van der Waals surface area contributed by atoms with E-state index >= 15 is 0 Å². The fourth-order valence-corrected chi connectivity index (χ4v) is 3.28. The lowest BCUT2D eigenvalue weighted by Gasteiger charge is -2.28. The third-order valence-corrected chi connectivity index (χ3v) is 3.90. The maximum absolute atomic E-state index is 5.30. The number of nitrogens with zero attached hydrogens (tertiary/aromatic N) is 1. The second-order valence-corrected chi connectivity index (χ2v) is 6.15. The molecule has 0 amide bonds. The molecule has 0 bridgehead atoms. The zero-order valence-corrected chi connectivity index (χ0v) is 11.5. The molecule has 0 N–H and O–H groups in total. The summed E-state index contributed by atoms with van der Waals surface area (Å²) >= 11 is 6.07. The molecule has 15 heavy (non-hydrogen) atoms. The van der Waals surface area contributed by atoms with Gasteiger partial charge in [-0.05, 0) is 24.0 Å². The van der Waals surface area contributed by atoms with Gasteiger partial charge in [0.25, 0.3) is 5.22 Å². The summed E-state index contributed by atoms with van der Waals surface area (Å²) in [5.41, 5.74) is 1.23. The number of hydrogen-bond acceptors (Lipinski definition) is 4. The number of hydrogen-bond donors (Lipinski definition) is 1. The van der Waals surface area contributed by atoms with E-state index in [2.05, 4.69) is 38.4 Å². The van der Waals surface area contributed by atoms with Gasteiger partial charge < -0.3 is 4.42 Å². The quantitative estimate of drug-likeness (QED) is 0.647. The Bertz CT molecular complexity index is 304. The highest BCUT2D eigenvalue weighted by Gasteiger charge is 2.23. The number of thioether (sulfide) groups is 1. The van der Waals surface area contributed by atoms with Gasteiger partial charge in [-0.3, -0.25) is 0 Å². The zero-order chi connectivity index (χ0) is 11.5. The van der Waals surface area contributed by atoms with Crippen molar-refractivity contribution >= 4 is 24.4 Å². The van der Waals surface area contributed by atoms with Crippen LogP contribution in [0.25, 0.3) is 0 Å². The molecule has 0 aromatic carbocycles. The molecule has 0 aliphatic carbocycles. The van der Waals surface area contributed by atoms with Gasteiger partial charge in [0, 0.05) is 5.75 Å². The third-order valence-electron chi connectivity index (χ3n) is 2.45. The molecule has 4 heteroatoms. The van der Waals surface area contributed by atoms with Gasteiger partial charge in [-0.25, -0.2) is 4.98 Å². The molecule has 1 unspecified atom stereocenters. The van der Waals surface area contributed by atoms with Gasteiger partial charge >= 0.3 is 0 Å². The molecule has 1 heterocycles. The van der Waals surface area contributed by atoms with Crippen LogP contribution in [-0.2, 0) is 0 Å². The summed E-state index contributed by atoms with van der Waals surface area (Å²) in [4.78, 5) is 4.27. The van der Waals surface area contributed by atoms with E-state index in [-0.39, 0.29) is 5.41 Å². The van der Waals surface area contributed by atoms with Crippen LogP contribution < -0.4 is 0 Å². The van der Waals surface area contributed by atoms with Crippen LogP contribution in [0, 0.1) is 18.3 Å². The van der Waals surface area contributed by atoms with E-state index in [0.29, 0.717) is 5.92 Å². The van der Waals surface area contributed by atoms with Crippen LogP contribution in [0.5, 0.6) is 0 Å². The second-order valence-electron chi connectivity index (χ2n) is 4.81. The maximum atomic E-state index is 5.30. The van der Waals surface area contributed by atoms with Crippen molar-refractivity contribution in [1.82, 2.24) is 4.98 Å². The Morgan fingerprint density at radius 1 is 1.53 bits per heavy atom. The summed E-state index contributed by atoms with van der Waals surface area (Å²) in [5.74, 6) is 2.47. The minimum absolute atomic E-state index is 0.288. The molecule has 0 aliphatic rings. The lowest BCUT2D eigenvalue weighted by atomic mass is 9.83. The summed E-state index contributed by atoms with van der Waals surface area (Å²) in [6.07, 6.45) is 1.69. The van der Waals surface area contributed by atoms with Gasteiger partial charge in [-0.2, -0.15) is 12.6 Å². The lowest BCUT2D eigenvalue weighted by Crippen LogP contribution is -2.24. The van der Waals surface area contributed by atoms with Crippen molar-refractivity contribution in [2.24, 2.45) is 11.3 Å². The molecule has 1 aromatic rings. The van der Waals surface area contributed by atoms with Crippen molar-refractivity contribution in [2.45, 2.75) is 32.9 Å². The van der Waals surface area contributed by atoms with Crippen LogP contribution >= 0.6 is 24.4 Å². The first-order valence-electron chi connectivity index (χ1n) is 5.09. The lowest BCUT2D eigenvalue weighted by molar-refractivity contribution is 0.293. The highest BCUT2D eigenvalue weighted by atomic mass is 32.2. The predicted molar refractivity (Wildman–Crippen MR) is 68.8 cm³/mol. The smallest absolute Gasteiger partial charge is 0.255 e. The van der Waals surface area contributed by atoms with Gasteiger partial charge in [-0.1, -0.05) is 32.5 Å². The molecule has 86 valence electrons. The summed E-state index contributed by atoms with van der Waals surface area (Å²) in [7, 11) is 0. The topological polar surface area (TPSA) is 26.0 Å². The average molecular weight is 245 g/mol. The van der Waals surface area contributed by atoms with Gasteiger partial charge in [0.2, 0.25) is 0 Å². The SMILES string of the molecule is Cc1coc(SCC(CS)C(C)(C)C)n1. The highest BCUT2D eigenvalue weighted by Crippen LogP contribution is 2.32. The van der Waals surface area contributed by atoms with Crippen LogP contribution in [0.4, 0.5) is 0 Å². The van der Waals surface area contributed by atoms with E-state index in [9.17, 15) is 0 Å². The van der Waals surface area contributed by atoms with Crippen LogP contribution in [0.2, 0.25) is 0 Å². The largest absolute Gasteiger partial charge is 0.440 e. The summed E-state index contributed by atoms with van der Waals surface area (Å²) in [6, 6.07) is 0. The van der Waals surface area contributed by atoms with Crippen molar-refractivity contribution in [1.29, 1.82) is 0 Å². The number of aryl methyl sites for hydroxylation is 1. The first-order chi connectivity index (χ1) is 6.93. The molecule has 0 radical (unpaired) electrons. The van der Waals surface area contributed by atoms with Gasteiger partial charge in [-0.15, -0.1) is 0 Å². The van der Waals surface area contributed by atoms with Crippen molar-refractivity contribution in [3.8, 4) is 0 Å². The van der Waals surface area contributed by atoms with Crippen molar-refractivity contribution in [3.05, 3.63) is 12.0 Å². The molecule has 0 saturated heterocycles. The molecule has 2 nitrogen and oxygen atoms in total. The van der Waals surface area contributed by atoms with E-state index in [4.69, 9.17) is 4.42 Å². The van der Waals surface area contributed by atoms with Crippen LogP contribution in [0.1, 0.15) is 26.5 Å². The Hall–Kier alpha value is -0.0900. The molecule has 1 atom stereocenters. The molecular formula is C11H19NOS2. The summed E-state index contributed by atoms with van der Waals surface area (Å²) < 4.78 is 5.30. The van der Waals surface area contributed by atoms with E-state index < -0.39 is 0 Å². The molecular weight excluding hydrogens is 226 g/mol. The number of rotatable bonds is 4. The van der Waals surface area contributed by atoms with Crippen molar-refractivity contribution in [3.63, 3.8) is 0 Å². The number of oxazole rings is 1. The Morgan fingerprint density at radius 3 is 2.60 bits per heavy atom. The Morgan fingerprint density at radius 2 is 2.20 bits per heavy atom. The summed E-state index contributed by atoms with van der Waals surface area (Å²) in [6.45, 7) is 8.67. The number of thiol groups is 1. The van der Waals surface area contributed by atoms with Crippen molar-refractivity contribution in [2.75, 3.05) is 11.5 Å². The maximum Gasteiger partial charge on any atom is 0.255 e. The van der Waals surface area contributed by atoms with Gasteiger partial charge in [0.1, 0.15) is 6.26 Å². The van der Waals surface area contributed by atoms with Gasteiger partial charge in [0.05, 0.1) is 5.69 Å². The Kier molecular flexibility index (Phi) is 4.59. The second kappa shape index (κ2) is 5.30. The first-order valence-corrected chi connectivity index (χ1v) is 6.71. The standard InChI is InChI=1S/C11H19NOS2/c1-8-5-13-10(12-8)15-7-9(6-14)11(2,3)4/h5,9,14H,6-7H2,1-4H3. The Balaban J connectivity index is 2.48. The minimum atomic E-state index is 0.288. The van der Waals surface area contributed by atoms with Gasteiger partial charge in [0.15, 0.2) is 0 Å². The third kappa shape index (κ3) is 4.11. The van der Waals surface area contributed by atoms with E-state index in [0.717, 1.165) is 22.4 Å². The monoisotopic (exact) mass is 245 g/mol. The molecule has 0 aliphatic heterocycles. The minimum Gasteiger partial charge on any atom is -0.440 e. The average Bonchev–Trinajstić information content (AvgIpc) is 2.50. The fraction of sp³-hybridized carbons (Fsp3) is 0.727. The fourth-order valence-electron chi connectivity index (χ4n) is 1.15. The Labute approximate surface area is 102 Å². The molecule has 0 fully saturated rings. The summed E-state index contributed by atoms with van der Waals surface area (Å²) in [5, 5.41) is 0.767. The van der Waals surface area contributed by atoms with Crippen LogP contribution in [0.15, 0.2) is 15.9 Å². The normalized spacial score (nSPS) is 14.2. The number of aromatic nitrogens is 1. The van der Waals surface area contributed by atoms with Crippen LogP contribution in [0.3, 0.4) is 0 Å². The molecule has 1 rings (SSSR count). The molecule has 0 saturated carbocycles. The zero-order valence-electron chi connectivity index (χ0n) is 9.78. The first kappa shape index (κ1) is 13.0. The van der Waals surface area contributed by atoms with E-state index in [1.165, 1.54) is 0 Å². The van der Waals surface area contributed by atoms with E-state index in [1.54, 1.807) is 18.0 Å². The predicted octanol–water partition coefficient (Wildman–Crippen LogP) is 3.67. The van der Waals surface area contributed by atoms with Crippen LogP contribution in [-0.4, -0.2) is 16.5 Å². The highest BCUT2D eigenvalue weighted by molar-refractivity contribution is 7.99. The van der Waals surface area contributed by atoms with E-state index in [1.807, 2.05) is 6.92 Å². The molecule has 1 aromatic heterocycles.